The summed E-state index contributed by atoms with van der Waals surface area (Å²) in [4.78, 5) is 10.4. The molecule has 72 valence electrons. The van der Waals surface area contributed by atoms with E-state index in [2.05, 4.69) is 0 Å². The molecular formula is C10H15NO2. The van der Waals surface area contributed by atoms with Gasteiger partial charge in [0.25, 0.3) is 0 Å². The second kappa shape index (κ2) is 5.32. The molecule has 0 unspecified atom stereocenters. The van der Waals surface area contributed by atoms with Gasteiger partial charge in [-0.05, 0) is 12.0 Å². The van der Waals surface area contributed by atoms with Gasteiger partial charge in [0.1, 0.15) is 6.04 Å². The zero-order valence-corrected chi connectivity index (χ0v) is 6.60. The van der Waals surface area contributed by atoms with Crippen LogP contribution in [0.5, 0.6) is 0 Å². The lowest BCUT2D eigenvalue weighted by Crippen LogP contribution is -2.32. The van der Waals surface area contributed by atoms with Gasteiger partial charge in [0.2, 0.25) is 0 Å². The topological polar surface area (TPSA) is 63.3 Å². The van der Waals surface area contributed by atoms with Crippen molar-refractivity contribution in [3.05, 3.63) is 35.9 Å². The molecule has 0 amide bonds. The Balaban J connectivity index is 0.00000144. The van der Waals surface area contributed by atoms with Crippen molar-refractivity contribution in [2.75, 3.05) is 0 Å². The molecule has 0 radical (unpaired) electrons. The molecule has 3 nitrogen and oxygen atoms in total. The number of carboxylic acid groups (broad SMARTS) is 1. The Hall–Kier alpha value is -1.35. The lowest BCUT2D eigenvalue weighted by molar-refractivity contribution is -0.138. The first-order valence-corrected chi connectivity index (χ1v) is 3.72. The third kappa shape index (κ3) is 3.71. The molecule has 0 aliphatic rings. The van der Waals surface area contributed by atoms with Gasteiger partial charge in [0, 0.05) is 0 Å². The van der Waals surface area contributed by atoms with Gasteiger partial charge < -0.3 is 10.8 Å². The highest BCUT2D eigenvalue weighted by molar-refractivity contribution is 5.73. The lowest BCUT2D eigenvalue weighted by atomic mass is 10.1. The summed E-state index contributed by atoms with van der Waals surface area (Å²) in [6.45, 7) is 0. The third-order valence-electron chi connectivity index (χ3n) is 1.62. The monoisotopic (exact) mass is 181 g/mol. The Bertz CT molecular complexity index is 259. The molecule has 0 bridgehead atoms. The fourth-order valence-electron chi connectivity index (χ4n) is 0.955. The fourth-order valence-corrected chi connectivity index (χ4v) is 0.955. The molecule has 0 spiro atoms. The maximum Gasteiger partial charge on any atom is 0.320 e. The third-order valence-corrected chi connectivity index (χ3v) is 1.62. The number of benzene rings is 1. The van der Waals surface area contributed by atoms with E-state index < -0.39 is 12.0 Å². The van der Waals surface area contributed by atoms with Crippen molar-refractivity contribution in [2.45, 2.75) is 19.9 Å². The molecule has 0 heterocycles. The van der Waals surface area contributed by atoms with Crippen molar-refractivity contribution in [3.8, 4) is 0 Å². The largest absolute Gasteiger partial charge is 0.480 e. The van der Waals surface area contributed by atoms with E-state index in [9.17, 15) is 4.79 Å². The minimum Gasteiger partial charge on any atom is -0.480 e. The minimum absolute atomic E-state index is 0. The van der Waals surface area contributed by atoms with Crippen LogP contribution in [0.1, 0.15) is 13.0 Å². The quantitative estimate of drug-likeness (QED) is 0.738. The van der Waals surface area contributed by atoms with E-state index in [0.29, 0.717) is 6.42 Å². The molecule has 0 aliphatic heterocycles. The summed E-state index contributed by atoms with van der Waals surface area (Å²) in [7, 11) is 0. The molecule has 13 heavy (non-hydrogen) atoms. The van der Waals surface area contributed by atoms with Crippen molar-refractivity contribution in [1.29, 1.82) is 0 Å². The van der Waals surface area contributed by atoms with Crippen molar-refractivity contribution >= 4 is 5.97 Å². The molecule has 3 N–H and O–H groups in total. The Labute approximate surface area is 78.2 Å². The molecule has 0 saturated heterocycles. The normalized spacial score (nSPS) is 11.5. The Morgan fingerprint density at radius 1 is 1.38 bits per heavy atom. The molecule has 1 aromatic carbocycles. The predicted molar refractivity (Wildman–Crippen MR) is 52.5 cm³/mol. The van der Waals surface area contributed by atoms with Crippen LogP contribution in [-0.2, 0) is 11.2 Å². The van der Waals surface area contributed by atoms with Gasteiger partial charge in [-0.2, -0.15) is 0 Å². The smallest absolute Gasteiger partial charge is 0.320 e. The second-order valence-electron chi connectivity index (χ2n) is 2.63. The summed E-state index contributed by atoms with van der Waals surface area (Å²) in [5.41, 5.74) is 6.30. The van der Waals surface area contributed by atoms with E-state index >= 15 is 0 Å². The van der Waals surface area contributed by atoms with E-state index in [1.54, 1.807) is 0 Å². The highest BCUT2D eigenvalue weighted by Gasteiger charge is 2.10. The van der Waals surface area contributed by atoms with Crippen molar-refractivity contribution in [1.82, 2.24) is 0 Å². The van der Waals surface area contributed by atoms with Crippen molar-refractivity contribution in [3.63, 3.8) is 0 Å². The Morgan fingerprint density at radius 3 is 2.38 bits per heavy atom. The summed E-state index contributed by atoms with van der Waals surface area (Å²) in [5, 5.41) is 8.52. The van der Waals surface area contributed by atoms with Gasteiger partial charge in [0.05, 0.1) is 0 Å². The molecule has 1 atom stereocenters. The maximum absolute atomic E-state index is 10.4. The summed E-state index contributed by atoms with van der Waals surface area (Å²) >= 11 is 0. The minimum atomic E-state index is -0.959. The maximum atomic E-state index is 10.4. The van der Waals surface area contributed by atoms with Gasteiger partial charge in [-0.15, -0.1) is 0 Å². The number of carbonyl (C=O) groups is 1. The van der Waals surface area contributed by atoms with Crippen LogP contribution in [0.15, 0.2) is 30.3 Å². The van der Waals surface area contributed by atoms with Crippen LogP contribution < -0.4 is 5.73 Å². The molecule has 3 heteroatoms. The van der Waals surface area contributed by atoms with E-state index in [4.69, 9.17) is 10.8 Å². The average Bonchev–Trinajstić information content (AvgIpc) is 2.06. The van der Waals surface area contributed by atoms with Gasteiger partial charge in [-0.1, -0.05) is 37.8 Å². The highest BCUT2D eigenvalue weighted by atomic mass is 16.4. The molecule has 1 aromatic rings. The van der Waals surface area contributed by atoms with Gasteiger partial charge in [-0.3, -0.25) is 4.79 Å². The number of rotatable bonds is 3. The van der Waals surface area contributed by atoms with Crippen molar-refractivity contribution < 1.29 is 9.90 Å². The zero-order valence-electron chi connectivity index (χ0n) is 6.60. The first-order valence-electron chi connectivity index (χ1n) is 3.72. The first-order chi connectivity index (χ1) is 5.70. The lowest BCUT2D eigenvalue weighted by Gasteiger charge is -2.04. The van der Waals surface area contributed by atoms with Gasteiger partial charge in [-0.25, -0.2) is 0 Å². The number of aliphatic carboxylic acids is 1. The van der Waals surface area contributed by atoms with Crippen LogP contribution in [0.3, 0.4) is 0 Å². The number of hydrogen-bond donors (Lipinski definition) is 2. The van der Waals surface area contributed by atoms with Crippen LogP contribution in [-0.4, -0.2) is 17.1 Å². The average molecular weight is 181 g/mol. The Morgan fingerprint density at radius 2 is 1.92 bits per heavy atom. The van der Waals surface area contributed by atoms with E-state index in [-0.39, 0.29) is 7.43 Å². The number of hydrogen-bond acceptors (Lipinski definition) is 2. The molecule has 0 saturated carbocycles. The summed E-state index contributed by atoms with van der Waals surface area (Å²) in [6, 6.07) is 8.54. The summed E-state index contributed by atoms with van der Waals surface area (Å²) in [5.74, 6) is -0.959. The van der Waals surface area contributed by atoms with Crippen LogP contribution in [0.25, 0.3) is 0 Å². The van der Waals surface area contributed by atoms with Gasteiger partial charge in [0.15, 0.2) is 0 Å². The zero-order chi connectivity index (χ0) is 8.97. The van der Waals surface area contributed by atoms with Crippen LogP contribution in [0.2, 0.25) is 0 Å². The summed E-state index contributed by atoms with van der Waals surface area (Å²) < 4.78 is 0. The fraction of sp³-hybridized carbons (Fsp3) is 0.300. The number of nitrogens with two attached hydrogens (primary N) is 1. The van der Waals surface area contributed by atoms with E-state index in [0.717, 1.165) is 5.56 Å². The summed E-state index contributed by atoms with van der Waals surface area (Å²) in [6.07, 6.45) is 0.385. The second-order valence-corrected chi connectivity index (χ2v) is 2.63. The molecular weight excluding hydrogens is 166 g/mol. The predicted octanol–water partition coefficient (Wildman–Crippen LogP) is 1.28. The standard InChI is InChI=1S/C9H11NO2.CH4/c10-8(9(11)12)6-7-4-2-1-3-5-7;/h1-5,8H,6,10H2,(H,11,12);1H4/t8-;/m0./s1. The highest BCUT2D eigenvalue weighted by Crippen LogP contribution is 2.01. The molecule has 0 fully saturated rings. The number of carboxylic acids is 1. The molecule has 1 rings (SSSR count). The van der Waals surface area contributed by atoms with E-state index in [1.165, 1.54) is 0 Å². The SMILES string of the molecule is C.N[C@@H](Cc1ccccc1)C(=O)O. The molecule has 0 aliphatic carbocycles. The Kier molecular flexibility index (Phi) is 4.77. The van der Waals surface area contributed by atoms with Crippen molar-refractivity contribution in [2.24, 2.45) is 5.73 Å². The van der Waals surface area contributed by atoms with Crippen LogP contribution in [0, 0.1) is 0 Å². The van der Waals surface area contributed by atoms with Crippen LogP contribution in [0.4, 0.5) is 0 Å². The van der Waals surface area contributed by atoms with Crippen LogP contribution >= 0.6 is 0 Å². The molecule has 0 aromatic heterocycles. The van der Waals surface area contributed by atoms with E-state index in [1.807, 2.05) is 30.3 Å². The first kappa shape index (κ1) is 11.6. The van der Waals surface area contributed by atoms with Gasteiger partial charge >= 0.3 is 5.97 Å².